The van der Waals surface area contributed by atoms with E-state index < -0.39 is 5.41 Å². The van der Waals surface area contributed by atoms with Gasteiger partial charge < -0.3 is 9.32 Å². The number of hydrogen-bond donors (Lipinski definition) is 0. The summed E-state index contributed by atoms with van der Waals surface area (Å²) in [4.78, 5) is 2.50. The highest BCUT2D eigenvalue weighted by Gasteiger charge is 2.51. The van der Waals surface area contributed by atoms with Crippen LogP contribution in [0, 0.1) is 0 Å². The Balaban J connectivity index is 0.972. The third-order valence-electron chi connectivity index (χ3n) is 15.3. The van der Waals surface area contributed by atoms with E-state index in [1.165, 1.54) is 93.5 Å². The van der Waals surface area contributed by atoms with Gasteiger partial charge in [0.1, 0.15) is 11.2 Å². The molecule has 12 aromatic carbocycles. The first kappa shape index (κ1) is 38.2. The number of benzene rings is 12. The summed E-state index contributed by atoms with van der Waals surface area (Å²) in [5, 5.41) is 9.57. The maximum absolute atomic E-state index is 6.46. The predicted molar refractivity (Wildman–Crippen MR) is 288 cm³/mol. The van der Waals surface area contributed by atoms with Gasteiger partial charge in [-0.1, -0.05) is 206 Å². The Morgan fingerprint density at radius 3 is 1.55 bits per heavy atom. The fourth-order valence-electron chi connectivity index (χ4n) is 12.4. The average molecular weight is 876 g/mol. The van der Waals surface area contributed by atoms with Crippen LogP contribution < -0.4 is 4.90 Å². The van der Waals surface area contributed by atoms with Crippen molar-refractivity contribution in [3.8, 4) is 44.5 Å². The lowest BCUT2D eigenvalue weighted by molar-refractivity contribution is 0.669. The van der Waals surface area contributed by atoms with Crippen molar-refractivity contribution in [3.63, 3.8) is 0 Å². The molecule has 2 nitrogen and oxygen atoms in total. The highest BCUT2D eigenvalue weighted by atomic mass is 16.3. The topological polar surface area (TPSA) is 16.4 Å². The second-order valence-electron chi connectivity index (χ2n) is 18.6. The second kappa shape index (κ2) is 14.5. The number of nitrogens with zero attached hydrogens (tertiary/aromatic N) is 1. The van der Waals surface area contributed by atoms with Gasteiger partial charge in [-0.05, 0) is 136 Å². The van der Waals surface area contributed by atoms with Crippen LogP contribution in [0.2, 0.25) is 0 Å². The fourth-order valence-corrected chi connectivity index (χ4v) is 12.4. The van der Waals surface area contributed by atoms with Crippen LogP contribution in [0.25, 0.3) is 98.8 Å². The minimum atomic E-state index is -0.467. The molecule has 1 heterocycles. The van der Waals surface area contributed by atoms with Crippen LogP contribution in [-0.2, 0) is 5.41 Å². The summed E-state index contributed by atoms with van der Waals surface area (Å²) in [6.45, 7) is 0. The number of hydrogen-bond acceptors (Lipinski definition) is 2. The van der Waals surface area contributed by atoms with E-state index in [1.807, 2.05) is 6.07 Å². The zero-order valence-electron chi connectivity index (χ0n) is 37.5. The summed E-state index contributed by atoms with van der Waals surface area (Å²) in [6, 6.07) is 92.0. The lowest BCUT2D eigenvalue weighted by Crippen LogP contribution is -2.26. The molecule has 0 radical (unpaired) electrons. The van der Waals surface area contributed by atoms with Crippen LogP contribution in [0.1, 0.15) is 22.3 Å². The quantitative estimate of drug-likeness (QED) is 0.160. The third-order valence-corrected chi connectivity index (χ3v) is 15.3. The van der Waals surface area contributed by atoms with Gasteiger partial charge in [0.15, 0.2) is 0 Å². The molecule has 15 rings (SSSR count). The molecule has 2 aliphatic rings. The molecule has 320 valence electrons. The lowest BCUT2D eigenvalue weighted by atomic mass is 9.70. The SMILES string of the molecule is c1ccc2c(c1)-c1ccccc1C21c2ccccc2-c2ccc(N(c3ccc(-c4ccc5ccccc5c4-c4cccc5oc6ccccc6c45)cc3)c3cc4ccccc4c4ccccc34)cc21. The van der Waals surface area contributed by atoms with Gasteiger partial charge in [-0.15, -0.1) is 0 Å². The number of fused-ring (bicyclic) bond motifs is 17. The molecule has 1 aromatic heterocycles. The van der Waals surface area contributed by atoms with Crippen molar-refractivity contribution in [2.24, 2.45) is 0 Å². The lowest BCUT2D eigenvalue weighted by Gasteiger charge is -2.32. The summed E-state index contributed by atoms with van der Waals surface area (Å²) in [5.41, 5.74) is 19.9. The van der Waals surface area contributed by atoms with E-state index in [0.717, 1.165) is 44.6 Å². The van der Waals surface area contributed by atoms with Crippen LogP contribution in [0.3, 0.4) is 0 Å². The van der Waals surface area contributed by atoms with Crippen LogP contribution in [0.4, 0.5) is 17.1 Å². The smallest absolute Gasteiger partial charge is 0.136 e. The first-order valence-corrected chi connectivity index (χ1v) is 23.9. The summed E-state index contributed by atoms with van der Waals surface area (Å²) in [6.07, 6.45) is 0. The van der Waals surface area contributed by atoms with Crippen LogP contribution in [0.15, 0.2) is 253 Å². The van der Waals surface area contributed by atoms with E-state index in [4.69, 9.17) is 4.42 Å². The molecule has 1 spiro atoms. The normalized spacial score (nSPS) is 13.0. The summed E-state index contributed by atoms with van der Waals surface area (Å²) < 4.78 is 6.46. The Bertz CT molecular complexity index is 4210. The maximum Gasteiger partial charge on any atom is 0.136 e. The summed E-state index contributed by atoms with van der Waals surface area (Å²) >= 11 is 0. The van der Waals surface area contributed by atoms with E-state index in [9.17, 15) is 0 Å². The molecule has 0 saturated carbocycles. The molecule has 13 aromatic rings. The molecular formula is C67H41NO. The van der Waals surface area contributed by atoms with Crippen molar-refractivity contribution < 1.29 is 4.42 Å². The highest BCUT2D eigenvalue weighted by Crippen LogP contribution is 2.63. The summed E-state index contributed by atoms with van der Waals surface area (Å²) in [7, 11) is 0. The van der Waals surface area contributed by atoms with Crippen molar-refractivity contribution in [2.45, 2.75) is 5.41 Å². The zero-order chi connectivity index (χ0) is 45.2. The van der Waals surface area contributed by atoms with E-state index in [0.29, 0.717) is 0 Å². The van der Waals surface area contributed by atoms with Gasteiger partial charge in [-0.3, -0.25) is 0 Å². The van der Waals surface area contributed by atoms with E-state index >= 15 is 0 Å². The number of para-hydroxylation sites is 1. The first-order chi connectivity index (χ1) is 34.2. The van der Waals surface area contributed by atoms with Gasteiger partial charge >= 0.3 is 0 Å². The van der Waals surface area contributed by atoms with Gasteiger partial charge in [-0.25, -0.2) is 0 Å². The largest absolute Gasteiger partial charge is 0.456 e. The van der Waals surface area contributed by atoms with Gasteiger partial charge in [0.25, 0.3) is 0 Å². The van der Waals surface area contributed by atoms with Crippen molar-refractivity contribution in [1.82, 2.24) is 0 Å². The average Bonchev–Trinajstić information content (AvgIpc) is 4.05. The molecule has 2 heteroatoms. The Morgan fingerprint density at radius 1 is 0.304 bits per heavy atom. The maximum atomic E-state index is 6.46. The minimum Gasteiger partial charge on any atom is -0.456 e. The van der Waals surface area contributed by atoms with Crippen LogP contribution in [0.5, 0.6) is 0 Å². The van der Waals surface area contributed by atoms with E-state index in [2.05, 4.69) is 248 Å². The number of anilines is 3. The first-order valence-electron chi connectivity index (χ1n) is 23.9. The van der Waals surface area contributed by atoms with Gasteiger partial charge in [0.05, 0.1) is 11.1 Å². The molecular weight excluding hydrogens is 835 g/mol. The minimum absolute atomic E-state index is 0.467. The Morgan fingerprint density at radius 2 is 0.826 bits per heavy atom. The predicted octanol–water partition coefficient (Wildman–Crippen LogP) is 18.2. The molecule has 2 aliphatic carbocycles. The van der Waals surface area contributed by atoms with Gasteiger partial charge in [0.2, 0.25) is 0 Å². The number of furan rings is 1. The van der Waals surface area contributed by atoms with Crippen molar-refractivity contribution in [1.29, 1.82) is 0 Å². The monoisotopic (exact) mass is 875 g/mol. The molecule has 0 fully saturated rings. The molecule has 69 heavy (non-hydrogen) atoms. The second-order valence-corrected chi connectivity index (χ2v) is 18.6. The molecule has 0 bridgehead atoms. The Hall–Kier alpha value is -8.98. The molecule has 0 atom stereocenters. The Kier molecular flexibility index (Phi) is 8.02. The van der Waals surface area contributed by atoms with Gasteiger partial charge in [-0.2, -0.15) is 0 Å². The zero-order valence-corrected chi connectivity index (χ0v) is 37.5. The molecule has 0 aliphatic heterocycles. The van der Waals surface area contributed by atoms with Crippen molar-refractivity contribution >= 4 is 71.3 Å². The fraction of sp³-hybridized carbons (Fsp3) is 0.0149. The van der Waals surface area contributed by atoms with E-state index in [-0.39, 0.29) is 0 Å². The molecule has 0 N–H and O–H groups in total. The standard InChI is InChI=1S/C67H41NO/c1-4-19-48-42(16-1)34-38-49(65(48)57-26-15-31-64-66(57)56-25-10-14-30-63(56)69-64)43-32-35-45(36-33-43)68(62-40-44-17-2-3-18-47(44)50-20-5-6-24-55(50)62)46-37-39-54-53-23-9-13-29-60(53)67(61(54)41-46)58-27-11-7-21-51(58)52-22-8-12-28-59(52)67/h1-41H. The van der Waals surface area contributed by atoms with Gasteiger partial charge in [0, 0.05) is 27.5 Å². The Labute approximate surface area is 399 Å². The highest BCUT2D eigenvalue weighted by molar-refractivity contribution is 6.18. The summed E-state index contributed by atoms with van der Waals surface area (Å²) in [5.74, 6) is 0. The van der Waals surface area contributed by atoms with Crippen molar-refractivity contribution in [3.05, 3.63) is 271 Å². The third kappa shape index (κ3) is 5.31. The van der Waals surface area contributed by atoms with Crippen LogP contribution >= 0.6 is 0 Å². The van der Waals surface area contributed by atoms with Crippen LogP contribution in [-0.4, -0.2) is 0 Å². The molecule has 0 amide bonds. The number of rotatable bonds is 5. The molecule has 0 unspecified atom stereocenters. The van der Waals surface area contributed by atoms with Crippen molar-refractivity contribution in [2.75, 3.05) is 4.90 Å². The van der Waals surface area contributed by atoms with E-state index in [1.54, 1.807) is 0 Å². The molecule has 0 saturated heterocycles.